The molecule has 1 unspecified atom stereocenters. The highest BCUT2D eigenvalue weighted by atomic mass is 16.1. The maximum absolute atomic E-state index is 12.0. The molecule has 0 amide bonds. The first kappa shape index (κ1) is 11.3. The van der Waals surface area contributed by atoms with Gasteiger partial charge in [-0.3, -0.25) is 4.79 Å². The summed E-state index contributed by atoms with van der Waals surface area (Å²) in [6.07, 6.45) is 1.71. The van der Waals surface area contributed by atoms with Crippen LogP contribution in [0.25, 0.3) is 0 Å². The molecule has 0 saturated carbocycles. The summed E-state index contributed by atoms with van der Waals surface area (Å²) in [5.74, 6) is 0.742. The van der Waals surface area contributed by atoms with E-state index in [1.807, 2.05) is 20.9 Å². The second kappa shape index (κ2) is 4.02. The lowest BCUT2D eigenvalue weighted by Gasteiger charge is -2.32. The molecule has 0 spiro atoms. The number of Topliss-reactive ketones (excluding diaryl/α,β-unsaturated/α-hetero) is 1. The summed E-state index contributed by atoms with van der Waals surface area (Å²) in [5, 5.41) is 3.07. The average Bonchev–Trinajstić information content (AvgIpc) is 2.25. The van der Waals surface area contributed by atoms with E-state index >= 15 is 0 Å². The van der Waals surface area contributed by atoms with Crippen LogP contribution in [0.1, 0.15) is 37.3 Å². The van der Waals surface area contributed by atoms with Crippen LogP contribution in [0.4, 0.5) is 0 Å². The number of hydrogen-bond donors (Lipinski definition) is 1. The van der Waals surface area contributed by atoms with Crippen LogP contribution in [0.15, 0.2) is 24.3 Å². The van der Waals surface area contributed by atoms with Gasteiger partial charge in [0.15, 0.2) is 5.78 Å². The van der Waals surface area contributed by atoms with Crippen molar-refractivity contribution in [3.8, 4) is 0 Å². The molecule has 1 aromatic carbocycles. The van der Waals surface area contributed by atoms with Crippen LogP contribution in [-0.4, -0.2) is 18.4 Å². The normalized spacial score (nSPS) is 18.8. The lowest BCUT2D eigenvalue weighted by Crippen LogP contribution is -2.45. The van der Waals surface area contributed by atoms with Gasteiger partial charge in [0.25, 0.3) is 0 Å². The van der Waals surface area contributed by atoms with Crippen molar-refractivity contribution in [3.05, 3.63) is 35.4 Å². The van der Waals surface area contributed by atoms with E-state index in [0.717, 1.165) is 6.42 Å². The first-order valence-corrected chi connectivity index (χ1v) is 5.84. The maximum atomic E-state index is 12.0. The second-order valence-corrected chi connectivity index (χ2v) is 5.10. The molecule has 1 N–H and O–H groups in total. The Bertz CT molecular complexity index is 409. The van der Waals surface area contributed by atoms with Gasteiger partial charge in [-0.1, -0.05) is 24.3 Å². The summed E-state index contributed by atoms with van der Waals surface area (Å²) in [6, 6.07) is 8.41. The van der Waals surface area contributed by atoms with Crippen molar-refractivity contribution in [2.45, 2.75) is 38.1 Å². The van der Waals surface area contributed by atoms with Crippen LogP contribution in [0.2, 0.25) is 0 Å². The van der Waals surface area contributed by atoms with Crippen LogP contribution in [0.3, 0.4) is 0 Å². The molecule has 0 radical (unpaired) electrons. The Kier molecular flexibility index (Phi) is 2.85. The molecule has 2 nitrogen and oxygen atoms in total. The van der Waals surface area contributed by atoms with Crippen molar-refractivity contribution < 1.29 is 4.79 Å². The molecule has 0 aromatic heterocycles. The Balaban J connectivity index is 2.02. The molecule has 0 saturated heterocycles. The number of fused-ring (bicyclic) bond motifs is 1. The van der Waals surface area contributed by atoms with Gasteiger partial charge >= 0.3 is 0 Å². The largest absolute Gasteiger partial charge is 0.308 e. The third kappa shape index (κ3) is 1.90. The van der Waals surface area contributed by atoms with Gasteiger partial charge in [0.1, 0.15) is 0 Å². The summed E-state index contributed by atoms with van der Waals surface area (Å²) in [7, 11) is 1.84. The molecule has 1 aromatic rings. The van der Waals surface area contributed by atoms with Gasteiger partial charge < -0.3 is 5.32 Å². The number of hydrogen-bond acceptors (Lipinski definition) is 2. The fourth-order valence-electron chi connectivity index (χ4n) is 2.16. The monoisotopic (exact) mass is 217 g/mol. The molecule has 0 heterocycles. The molecule has 0 fully saturated rings. The van der Waals surface area contributed by atoms with E-state index in [4.69, 9.17) is 0 Å². The van der Waals surface area contributed by atoms with Crippen LogP contribution >= 0.6 is 0 Å². The predicted molar refractivity (Wildman–Crippen MR) is 65.6 cm³/mol. The van der Waals surface area contributed by atoms with Crippen molar-refractivity contribution in [3.63, 3.8) is 0 Å². The fraction of sp³-hybridized carbons (Fsp3) is 0.500. The highest BCUT2D eigenvalue weighted by Gasteiger charge is 2.32. The molecule has 1 aliphatic rings. The van der Waals surface area contributed by atoms with E-state index in [1.54, 1.807) is 0 Å². The third-order valence-corrected chi connectivity index (χ3v) is 3.72. The first-order valence-electron chi connectivity index (χ1n) is 5.84. The lowest BCUT2D eigenvalue weighted by molar-refractivity contribution is -0.124. The Morgan fingerprint density at radius 2 is 2.12 bits per heavy atom. The molecular weight excluding hydrogens is 198 g/mol. The van der Waals surface area contributed by atoms with Crippen LogP contribution in [0.5, 0.6) is 0 Å². The standard InChI is InChI=1S/C14H19NO/c1-14(2,15-3)13(16)9-11-8-10-6-4-5-7-12(10)11/h4-7,11,15H,8-9H2,1-3H3. The molecular formula is C14H19NO. The van der Waals surface area contributed by atoms with Gasteiger partial charge in [-0.15, -0.1) is 0 Å². The van der Waals surface area contributed by atoms with Gasteiger partial charge in [0.2, 0.25) is 0 Å². The molecule has 1 atom stereocenters. The van der Waals surface area contributed by atoms with E-state index in [-0.39, 0.29) is 0 Å². The molecule has 16 heavy (non-hydrogen) atoms. The van der Waals surface area contributed by atoms with Crippen molar-refractivity contribution in [1.82, 2.24) is 5.32 Å². The predicted octanol–water partition coefficient (Wildman–Crippen LogP) is 2.28. The van der Waals surface area contributed by atoms with Crippen LogP contribution in [-0.2, 0) is 11.2 Å². The van der Waals surface area contributed by atoms with Gasteiger partial charge in [-0.05, 0) is 44.4 Å². The Hall–Kier alpha value is -1.15. The smallest absolute Gasteiger partial charge is 0.152 e. The molecule has 2 heteroatoms. The number of likely N-dealkylation sites (N-methyl/N-ethyl adjacent to an activating group) is 1. The third-order valence-electron chi connectivity index (χ3n) is 3.72. The number of carbonyl (C=O) groups excluding carboxylic acids is 1. The lowest BCUT2D eigenvalue weighted by atomic mass is 9.73. The quantitative estimate of drug-likeness (QED) is 0.838. The van der Waals surface area contributed by atoms with Crippen LogP contribution < -0.4 is 5.32 Å². The molecule has 0 bridgehead atoms. The number of benzene rings is 1. The Morgan fingerprint density at radius 1 is 1.44 bits per heavy atom. The second-order valence-electron chi connectivity index (χ2n) is 5.10. The zero-order chi connectivity index (χ0) is 11.8. The van der Waals surface area contributed by atoms with E-state index in [1.165, 1.54) is 11.1 Å². The van der Waals surface area contributed by atoms with Crippen molar-refractivity contribution in [2.24, 2.45) is 0 Å². The average molecular weight is 217 g/mol. The van der Waals surface area contributed by atoms with Crippen molar-refractivity contribution >= 4 is 5.78 Å². The molecule has 0 aliphatic heterocycles. The molecule has 86 valence electrons. The highest BCUT2D eigenvalue weighted by molar-refractivity contribution is 5.88. The van der Waals surface area contributed by atoms with Crippen molar-refractivity contribution in [1.29, 1.82) is 0 Å². The van der Waals surface area contributed by atoms with E-state index in [0.29, 0.717) is 18.1 Å². The topological polar surface area (TPSA) is 29.1 Å². The van der Waals surface area contributed by atoms with Crippen LogP contribution in [0, 0.1) is 0 Å². The van der Waals surface area contributed by atoms with Gasteiger partial charge in [0, 0.05) is 6.42 Å². The van der Waals surface area contributed by atoms with E-state index in [9.17, 15) is 4.79 Å². The summed E-state index contributed by atoms with van der Waals surface area (Å²) >= 11 is 0. The SMILES string of the molecule is CNC(C)(C)C(=O)CC1Cc2ccccc21. The number of nitrogens with one attached hydrogen (secondary N) is 1. The first-order chi connectivity index (χ1) is 7.54. The minimum absolute atomic E-state index is 0.300. The summed E-state index contributed by atoms with van der Waals surface area (Å²) in [6.45, 7) is 3.89. The molecule has 2 rings (SSSR count). The zero-order valence-corrected chi connectivity index (χ0v) is 10.2. The Morgan fingerprint density at radius 3 is 2.75 bits per heavy atom. The number of rotatable bonds is 4. The maximum Gasteiger partial charge on any atom is 0.152 e. The minimum Gasteiger partial charge on any atom is -0.308 e. The summed E-state index contributed by atoms with van der Waals surface area (Å²) in [4.78, 5) is 12.0. The van der Waals surface area contributed by atoms with E-state index in [2.05, 4.69) is 29.6 Å². The fourth-order valence-corrected chi connectivity index (χ4v) is 2.16. The van der Waals surface area contributed by atoms with Gasteiger partial charge in [-0.25, -0.2) is 0 Å². The molecule has 1 aliphatic carbocycles. The van der Waals surface area contributed by atoms with Gasteiger partial charge in [-0.2, -0.15) is 0 Å². The van der Waals surface area contributed by atoms with Gasteiger partial charge in [0.05, 0.1) is 5.54 Å². The van der Waals surface area contributed by atoms with E-state index < -0.39 is 5.54 Å². The zero-order valence-electron chi connectivity index (χ0n) is 10.2. The highest BCUT2D eigenvalue weighted by Crippen LogP contribution is 2.38. The Labute approximate surface area is 97.1 Å². The summed E-state index contributed by atoms with van der Waals surface area (Å²) in [5.41, 5.74) is 2.37. The van der Waals surface area contributed by atoms with Crippen molar-refractivity contribution in [2.75, 3.05) is 7.05 Å². The minimum atomic E-state index is -0.398. The number of carbonyl (C=O) groups is 1. The summed E-state index contributed by atoms with van der Waals surface area (Å²) < 4.78 is 0. The number of ketones is 1.